The summed E-state index contributed by atoms with van der Waals surface area (Å²) >= 11 is 8.87. The van der Waals surface area contributed by atoms with E-state index in [2.05, 4.69) is 15.9 Å². The Kier molecular flexibility index (Phi) is 4.25. The molecule has 1 aromatic rings. The highest BCUT2D eigenvalue weighted by molar-refractivity contribution is 9.10. The molecule has 3 nitrogen and oxygen atoms in total. The molecule has 1 aromatic carbocycles. The van der Waals surface area contributed by atoms with Gasteiger partial charge < -0.3 is 9.47 Å². The van der Waals surface area contributed by atoms with Gasteiger partial charge in [0.15, 0.2) is 11.9 Å². The lowest BCUT2D eigenvalue weighted by molar-refractivity contribution is -0.154. The van der Waals surface area contributed by atoms with Crippen LogP contribution in [0.25, 0.3) is 0 Å². The van der Waals surface area contributed by atoms with Gasteiger partial charge in [0, 0.05) is 19.1 Å². The zero-order chi connectivity index (χ0) is 13.3. The molecule has 98 valence electrons. The molecule has 0 aliphatic heterocycles. The fourth-order valence-corrected chi connectivity index (χ4v) is 2.44. The zero-order valence-corrected chi connectivity index (χ0v) is 11.9. The van der Waals surface area contributed by atoms with Crippen molar-refractivity contribution in [3.63, 3.8) is 0 Å². The maximum Gasteiger partial charge on any atom is 0.169 e. The fraction of sp³-hybridized carbons (Fsp3) is 0.417. The zero-order valence-electron chi connectivity index (χ0n) is 9.58. The van der Waals surface area contributed by atoms with Crippen molar-refractivity contribution in [3.8, 4) is 5.75 Å². The summed E-state index contributed by atoms with van der Waals surface area (Å²) in [5, 5.41) is 0.0141. The molecule has 0 spiro atoms. The number of hydrogen-bond acceptors (Lipinski definition) is 3. The number of Topliss-reactive ketones (excluding diaryl/α,β-unsaturated/α-hetero) is 1. The summed E-state index contributed by atoms with van der Waals surface area (Å²) in [5.41, 5.74) is 0. The predicted molar refractivity (Wildman–Crippen MR) is 68.6 cm³/mol. The van der Waals surface area contributed by atoms with Gasteiger partial charge in [0.25, 0.3) is 0 Å². The van der Waals surface area contributed by atoms with Crippen molar-refractivity contribution >= 4 is 33.3 Å². The summed E-state index contributed by atoms with van der Waals surface area (Å²) in [5.74, 6) is -0.236. The molecule has 2 atom stereocenters. The van der Waals surface area contributed by atoms with Crippen molar-refractivity contribution < 1.29 is 18.7 Å². The number of halogens is 3. The van der Waals surface area contributed by atoms with Gasteiger partial charge in [0.2, 0.25) is 0 Å². The first kappa shape index (κ1) is 13.8. The third kappa shape index (κ3) is 2.68. The maximum absolute atomic E-state index is 13.3. The van der Waals surface area contributed by atoms with Crippen molar-refractivity contribution in [2.24, 2.45) is 0 Å². The van der Waals surface area contributed by atoms with Gasteiger partial charge in [-0.1, -0.05) is 11.6 Å². The molecule has 18 heavy (non-hydrogen) atoms. The largest absolute Gasteiger partial charge is 0.485 e. The van der Waals surface area contributed by atoms with Crippen LogP contribution in [0.2, 0.25) is 5.02 Å². The molecular weight excluding hydrogens is 326 g/mol. The molecule has 2 rings (SSSR count). The lowest BCUT2D eigenvalue weighted by Crippen LogP contribution is -2.52. The summed E-state index contributed by atoms with van der Waals surface area (Å²) < 4.78 is 24.7. The highest BCUT2D eigenvalue weighted by Crippen LogP contribution is 2.34. The highest BCUT2D eigenvalue weighted by atomic mass is 79.9. The topological polar surface area (TPSA) is 35.5 Å². The van der Waals surface area contributed by atoms with Gasteiger partial charge >= 0.3 is 0 Å². The quantitative estimate of drug-likeness (QED) is 0.790. The van der Waals surface area contributed by atoms with Crippen LogP contribution in [0.15, 0.2) is 16.6 Å². The molecule has 0 saturated heterocycles. The van der Waals surface area contributed by atoms with E-state index in [0.717, 1.165) is 0 Å². The number of ketones is 1. The molecule has 6 heteroatoms. The summed E-state index contributed by atoms with van der Waals surface area (Å²) in [6, 6.07) is 2.61. The first-order chi connectivity index (χ1) is 8.52. The van der Waals surface area contributed by atoms with Crippen molar-refractivity contribution in [1.82, 2.24) is 0 Å². The average Bonchev–Trinajstić information content (AvgIpc) is 2.32. The fourth-order valence-electron chi connectivity index (χ4n) is 1.71. The molecule has 1 fully saturated rings. The van der Waals surface area contributed by atoms with Crippen molar-refractivity contribution in [1.29, 1.82) is 0 Å². The van der Waals surface area contributed by atoms with Crippen LogP contribution in [-0.2, 0) is 9.53 Å². The van der Waals surface area contributed by atoms with E-state index in [1.165, 1.54) is 12.1 Å². The van der Waals surface area contributed by atoms with Gasteiger partial charge in [-0.2, -0.15) is 0 Å². The number of carbonyl (C=O) groups is 1. The standard InChI is InChI=1S/C12H11BrClFO3/c1-2-17-12-9(16)5-11(12)18-10-4-8(15)7(14)3-6(10)13/h3-4,11-12H,2,5H2,1H3. The molecule has 0 radical (unpaired) electrons. The van der Waals surface area contributed by atoms with Gasteiger partial charge in [-0.3, -0.25) is 4.79 Å². The molecule has 1 aliphatic carbocycles. The Morgan fingerprint density at radius 2 is 2.28 bits per heavy atom. The first-order valence-electron chi connectivity index (χ1n) is 5.48. The van der Waals surface area contributed by atoms with E-state index in [0.29, 0.717) is 16.8 Å². The lowest BCUT2D eigenvalue weighted by atomic mass is 9.90. The molecule has 2 unspecified atom stereocenters. The molecule has 0 heterocycles. The van der Waals surface area contributed by atoms with E-state index in [4.69, 9.17) is 21.1 Å². The average molecular weight is 338 g/mol. The van der Waals surface area contributed by atoms with E-state index in [1.54, 1.807) is 6.92 Å². The maximum atomic E-state index is 13.3. The van der Waals surface area contributed by atoms with Crippen LogP contribution < -0.4 is 4.74 Å². The van der Waals surface area contributed by atoms with Crippen LogP contribution in [0.1, 0.15) is 13.3 Å². The Morgan fingerprint density at radius 3 is 2.89 bits per heavy atom. The molecule has 0 amide bonds. The second-order valence-corrected chi connectivity index (χ2v) is 5.16. The van der Waals surface area contributed by atoms with E-state index in [-0.39, 0.29) is 23.3 Å². The van der Waals surface area contributed by atoms with E-state index in [9.17, 15) is 9.18 Å². The first-order valence-corrected chi connectivity index (χ1v) is 6.65. The van der Waals surface area contributed by atoms with Crippen LogP contribution in [0.4, 0.5) is 4.39 Å². The van der Waals surface area contributed by atoms with E-state index < -0.39 is 11.9 Å². The van der Waals surface area contributed by atoms with Crippen molar-refractivity contribution in [3.05, 3.63) is 27.4 Å². The normalized spacial score (nSPS) is 22.8. The summed E-state index contributed by atoms with van der Waals surface area (Å²) in [7, 11) is 0. The highest BCUT2D eigenvalue weighted by Gasteiger charge is 2.42. The third-order valence-corrected chi connectivity index (χ3v) is 3.57. The predicted octanol–water partition coefficient (Wildman–Crippen LogP) is 3.37. The molecule has 1 saturated carbocycles. The van der Waals surface area contributed by atoms with E-state index in [1.807, 2.05) is 0 Å². The molecule has 0 bridgehead atoms. The van der Waals surface area contributed by atoms with Gasteiger partial charge in [-0.05, 0) is 28.9 Å². The minimum absolute atomic E-state index is 0.00686. The van der Waals surface area contributed by atoms with Gasteiger partial charge in [-0.25, -0.2) is 4.39 Å². The Hall–Kier alpha value is -0.650. The number of rotatable bonds is 4. The van der Waals surface area contributed by atoms with Crippen molar-refractivity contribution in [2.75, 3.05) is 6.61 Å². The second kappa shape index (κ2) is 5.55. The van der Waals surface area contributed by atoms with Crippen molar-refractivity contribution in [2.45, 2.75) is 25.6 Å². The van der Waals surface area contributed by atoms with Gasteiger partial charge in [0.05, 0.1) is 9.50 Å². The van der Waals surface area contributed by atoms with Gasteiger partial charge in [-0.15, -0.1) is 0 Å². The molecule has 0 N–H and O–H groups in total. The minimum atomic E-state index is -0.562. The van der Waals surface area contributed by atoms with E-state index >= 15 is 0 Å². The third-order valence-electron chi connectivity index (χ3n) is 2.66. The number of carbonyl (C=O) groups excluding carboxylic acids is 1. The minimum Gasteiger partial charge on any atom is -0.485 e. The second-order valence-electron chi connectivity index (χ2n) is 3.90. The van der Waals surface area contributed by atoms with Crippen LogP contribution in [0, 0.1) is 5.82 Å². The number of hydrogen-bond donors (Lipinski definition) is 0. The Bertz CT molecular complexity index is 481. The Morgan fingerprint density at radius 1 is 1.56 bits per heavy atom. The number of benzene rings is 1. The molecular formula is C12H11BrClFO3. The number of ether oxygens (including phenoxy) is 2. The summed E-state index contributed by atoms with van der Waals surface area (Å²) in [4.78, 5) is 11.3. The molecule has 1 aliphatic rings. The summed E-state index contributed by atoms with van der Waals surface area (Å²) in [6.45, 7) is 2.24. The van der Waals surface area contributed by atoms with Gasteiger partial charge in [0.1, 0.15) is 17.7 Å². The smallest absolute Gasteiger partial charge is 0.169 e. The lowest BCUT2D eigenvalue weighted by Gasteiger charge is -2.34. The monoisotopic (exact) mass is 336 g/mol. The molecule has 0 aromatic heterocycles. The SMILES string of the molecule is CCOC1C(=O)CC1Oc1cc(F)c(Cl)cc1Br. The Labute approximate surface area is 117 Å². The summed E-state index contributed by atoms with van der Waals surface area (Å²) in [6.07, 6.45) is -0.642. The van der Waals surface area contributed by atoms with Crippen LogP contribution in [0.5, 0.6) is 5.75 Å². The van der Waals surface area contributed by atoms with Crippen LogP contribution in [-0.4, -0.2) is 24.6 Å². The van der Waals surface area contributed by atoms with Crippen LogP contribution >= 0.6 is 27.5 Å². The van der Waals surface area contributed by atoms with Crippen LogP contribution in [0.3, 0.4) is 0 Å². The Balaban J connectivity index is 2.10.